The molecule has 3 nitrogen and oxygen atoms in total. The van der Waals surface area contributed by atoms with Crippen molar-refractivity contribution in [2.75, 3.05) is 13.1 Å². The van der Waals surface area contributed by atoms with Crippen molar-refractivity contribution >= 4 is 10.9 Å². The van der Waals surface area contributed by atoms with Crippen LogP contribution in [0.2, 0.25) is 0 Å². The lowest BCUT2D eigenvalue weighted by molar-refractivity contribution is -0.121. The van der Waals surface area contributed by atoms with E-state index in [1.54, 1.807) is 0 Å². The summed E-state index contributed by atoms with van der Waals surface area (Å²) in [4.78, 5) is 7.46. The van der Waals surface area contributed by atoms with Gasteiger partial charge in [-0.2, -0.15) is 0 Å². The number of fused-ring (bicyclic) bond motifs is 4. The second kappa shape index (κ2) is 5.65. The number of aliphatic hydroxyl groups excluding tert-OH is 1. The Balaban J connectivity index is 1.78. The molecule has 0 saturated carbocycles. The van der Waals surface area contributed by atoms with E-state index in [2.05, 4.69) is 53.4 Å². The number of hydrogen-bond acceptors (Lipinski definition) is 3. The predicted octanol–water partition coefficient (Wildman–Crippen LogP) is 3.56. The summed E-state index contributed by atoms with van der Waals surface area (Å²) in [6.45, 7) is 2.04. The quantitative estimate of drug-likeness (QED) is 0.780. The molecule has 4 heterocycles. The molecule has 6 rings (SSSR count). The average molecular weight is 330 g/mol. The van der Waals surface area contributed by atoms with Crippen LogP contribution in [-0.4, -0.2) is 34.2 Å². The van der Waals surface area contributed by atoms with E-state index in [4.69, 9.17) is 4.98 Å². The van der Waals surface area contributed by atoms with Crippen molar-refractivity contribution in [3.63, 3.8) is 0 Å². The zero-order valence-corrected chi connectivity index (χ0v) is 14.2. The first-order valence-corrected chi connectivity index (χ1v) is 9.15. The highest BCUT2D eigenvalue weighted by Crippen LogP contribution is 2.49. The number of pyridine rings is 1. The van der Waals surface area contributed by atoms with Gasteiger partial charge in [-0.15, -0.1) is 0 Å². The normalized spacial score (nSPS) is 31.3. The SMILES string of the molecule is OC1C2CCN(CC2)C1(c1ccccc1)c1ccc2ccccc2n1. The number of aromatic nitrogens is 1. The molecule has 2 atom stereocenters. The van der Waals surface area contributed by atoms with E-state index in [0.717, 1.165) is 48.1 Å². The fraction of sp³-hybridized carbons (Fsp3) is 0.318. The molecule has 1 aromatic heterocycles. The van der Waals surface area contributed by atoms with Gasteiger partial charge in [-0.05, 0) is 49.5 Å². The summed E-state index contributed by atoms with van der Waals surface area (Å²) in [7, 11) is 0. The van der Waals surface area contributed by atoms with Crippen molar-refractivity contribution in [2.45, 2.75) is 24.5 Å². The highest BCUT2D eigenvalue weighted by Gasteiger charge is 2.55. The number of hydrogen-bond donors (Lipinski definition) is 1. The summed E-state index contributed by atoms with van der Waals surface area (Å²) >= 11 is 0. The highest BCUT2D eigenvalue weighted by atomic mass is 16.3. The van der Waals surface area contributed by atoms with Gasteiger partial charge in [0.15, 0.2) is 0 Å². The molecule has 2 bridgehead atoms. The molecular weight excluding hydrogens is 308 g/mol. The van der Waals surface area contributed by atoms with Crippen LogP contribution in [-0.2, 0) is 5.54 Å². The van der Waals surface area contributed by atoms with Gasteiger partial charge in [-0.3, -0.25) is 9.88 Å². The summed E-state index contributed by atoms with van der Waals surface area (Å²) < 4.78 is 0. The van der Waals surface area contributed by atoms with E-state index >= 15 is 0 Å². The van der Waals surface area contributed by atoms with E-state index in [1.165, 1.54) is 0 Å². The summed E-state index contributed by atoms with van der Waals surface area (Å²) in [5.41, 5.74) is 2.57. The lowest BCUT2D eigenvalue weighted by atomic mass is 9.67. The van der Waals surface area contributed by atoms with Crippen LogP contribution in [0.1, 0.15) is 24.1 Å². The van der Waals surface area contributed by atoms with Gasteiger partial charge in [0.05, 0.1) is 17.3 Å². The standard InChI is InChI=1S/C22H22N2O/c25-21-17-12-14-24(15-13-17)22(21,18-7-2-1-3-8-18)20-11-10-16-6-4-5-9-19(16)23-20/h1-11,17,21,25H,12-15H2. The van der Waals surface area contributed by atoms with Crippen LogP contribution in [0.3, 0.4) is 0 Å². The van der Waals surface area contributed by atoms with Gasteiger partial charge < -0.3 is 5.11 Å². The van der Waals surface area contributed by atoms with E-state index in [9.17, 15) is 5.11 Å². The molecule has 3 aliphatic heterocycles. The molecule has 3 saturated heterocycles. The number of rotatable bonds is 2. The third-order valence-electron chi connectivity index (χ3n) is 6.12. The van der Waals surface area contributed by atoms with Crippen LogP contribution < -0.4 is 0 Å². The molecule has 0 amide bonds. The Morgan fingerprint density at radius 2 is 1.60 bits per heavy atom. The number of piperidine rings is 3. The first-order valence-electron chi connectivity index (χ1n) is 9.15. The third kappa shape index (κ3) is 2.09. The zero-order chi connectivity index (χ0) is 16.9. The summed E-state index contributed by atoms with van der Waals surface area (Å²) in [6, 6.07) is 22.9. The van der Waals surface area contributed by atoms with Crippen molar-refractivity contribution in [3.8, 4) is 0 Å². The van der Waals surface area contributed by atoms with Gasteiger partial charge in [0.2, 0.25) is 0 Å². The van der Waals surface area contributed by atoms with Crippen molar-refractivity contribution in [1.29, 1.82) is 0 Å². The third-order valence-corrected chi connectivity index (χ3v) is 6.12. The summed E-state index contributed by atoms with van der Waals surface area (Å²) in [5.74, 6) is 0.346. The fourth-order valence-electron chi connectivity index (χ4n) is 4.88. The topological polar surface area (TPSA) is 36.4 Å². The van der Waals surface area contributed by atoms with E-state index < -0.39 is 11.6 Å². The fourth-order valence-corrected chi connectivity index (χ4v) is 4.88. The van der Waals surface area contributed by atoms with E-state index in [-0.39, 0.29) is 0 Å². The smallest absolute Gasteiger partial charge is 0.115 e. The second-order valence-electron chi connectivity index (χ2n) is 7.29. The minimum Gasteiger partial charge on any atom is -0.390 e. The van der Waals surface area contributed by atoms with Crippen molar-refractivity contribution < 1.29 is 5.11 Å². The van der Waals surface area contributed by atoms with E-state index in [1.807, 2.05) is 18.2 Å². The summed E-state index contributed by atoms with van der Waals surface area (Å²) in [6.07, 6.45) is 1.72. The Hall–Kier alpha value is -2.23. The van der Waals surface area contributed by atoms with Crippen molar-refractivity contribution in [1.82, 2.24) is 9.88 Å². The molecule has 1 N–H and O–H groups in total. The van der Waals surface area contributed by atoms with Gasteiger partial charge in [0.1, 0.15) is 5.54 Å². The molecule has 0 radical (unpaired) electrons. The molecule has 2 unspecified atom stereocenters. The maximum atomic E-state index is 11.4. The maximum Gasteiger partial charge on any atom is 0.115 e. The molecule has 2 aromatic carbocycles. The van der Waals surface area contributed by atoms with Gasteiger partial charge in [0.25, 0.3) is 0 Å². The van der Waals surface area contributed by atoms with Crippen LogP contribution >= 0.6 is 0 Å². The van der Waals surface area contributed by atoms with E-state index in [0.29, 0.717) is 5.92 Å². The highest BCUT2D eigenvalue weighted by molar-refractivity contribution is 5.78. The van der Waals surface area contributed by atoms with Crippen LogP contribution in [0.15, 0.2) is 66.7 Å². The van der Waals surface area contributed by atoms with Crippen molar-refractivity contribution in [3.05, 3.63) is 78.0 Å². The van der Waals surface area contributed by atoms with Gasteiger partial charge in [-0.25, -0.2) is 0 Å². The minimum atomic E-state index is -0.535. The molecule has 3 fully saturated rings. The Bertz CT molecular complexity index is 898. The first-order chi connectivity index (χ1) is 12.3. The largest absolute Gasteiger partial charge is 0.390 e. The molecule has 25 heavy (non-hydrogen) atoms. The lowest BCUT2D eigenvalue weighted by Crippen LogP contribution is -2.65. The molecule has 0 spiro atoms. The number of nitrogens with zero attached hydrogens (tertiary/aromatic N) is 2. The van der Waals surface area contributed by atoms with Gasteiger partial charge >= 0.3 is 0 Å². The molecule has 0 aliphatic carbocycles. The Kier molecular flexibility index (Phi) is 3.40. The number of aliphatic hydroxyl groups is 1. The Morgan fingerprint density at radius 3 is 2.36 bits per heavy atom. The monoisotopic (exact) mass is 330 g/mol. The molecular formula is C22H22N2O. The van der Waals surface area contributed by atoms with Crippen molar-refractivity contribution in [2.24, 2.45) is 5.92 Å². The number of benzene rings is 2. The predicted molar refractivity (Wildman–Crippen MR) is 99.3 cm³/mol. The Labute approximate surface area is 147 Å². The van der Waals surface area contributed by atoms with Crippen LogP contribution in [0.25, 0.3) is 10.9 Å². The second-order valence-corrected chi connectivity index (χ2v) is 7.29. The molecule has 126 valence electrons. The van der Waals surface area contributed by atoms with Gasteiger partial charge in [-0.1, -0.05) is 54.6 Å². The van der Waals surface area contributed by atoms with Crippen LogP contribution in [0.4, 0.5) is 0 Å². The Morgan fingerprint density at radius 1 is 0.880 bits per heavy atom. The average Bonchev–Trinajstić information content (AvgIpc) is 2.69. The summed E-state index contributed by atoms with van der Waals surface area (Å²) in [5, 5.41) is 12.5. The van der Waals surface area contributed by atoms with Crippen LogP contribution in [0.5, 0.6) is 0 Å². The minimum absolute atomic E-state index is 0.346. The molecule has 3 aromatic rings. The maximum absolute atomic E-state index is 11.4. The number of para-hydroxylation sites is 1. The lowest BCUT2D eigenvalue weighted by Gasteiger charge is -2.57. The first kappa shape index (κ1) is 15.1. The van der Waals surface area contributed by atoms with Gasteiger partial charge in [0, 0.05) is 5.39 Å². The molecule has 3 heteroatoms. The molecule has 3 aliphatic rings. The van der Waals surface area contributed by atoms with Crippen LogP contribution in [0, 0.1) is 5.92 Å². The zero-order valence-electron chi connectivity index (χ0n) is 14.2.